The predicted molar refractivity (Wildman–Crippen MR) is 44.8 cm³/mol. The van der Waals surface area contributed by atoms with Crippen LogP contribution in [0.1, 0.15) is 17.3 Å². The van der Waals surface area contributed by atoms with Gasteiger partial charge in [-0.25, -0.2) is 0 Å². The van der Waals surface area contributed by atoms with Gasteiger partial charge in [-0.05, 0) is 19.1 Å². The number of hydrogen-bond donors (Lipinski definition) is 2. The molecule has 12 heavy (non-hydrogen) atoms. The van der Waals surface area contributed by atoms with E-state index < -0.39 is 11.5 Å². The Morgan fingerprint density at radius 2 is 1.92 bits per heavy atom. The van der Waals surface area contributed by atoms with Crippen LogP contribution < -0.4 is 0 Å². The molecule has 64 valence electrons. The van der Waals surface area contributed by atoms with Crippen molar-refractivity contribution in [3.8, 4) is 11.5 Å². The van der Waals surface area contributed by atoms with Crippen molar-refractivity contribution in [3.63, 3.8) is 0 Å². The topological polar surface area (TPSA) is 57.5 Å². The monoisotopic (exact) mass is 186 g/mol. The van der Waals surface area contributed by atoms with Crippen molar-refractivity contribution in [2.45, 2.75) is 6.92 Å². The molecule has 0 aromatic heterocycles. The summed E-state index contributed by atoms with van der Waals surface area (Å²) < 4.78 is 0. The Labute approximate surface area is 74.2 Å². The fourth-order valence-corrected chi connectivity index (χ4v) is 0.992. The maximum atomic E-state index is 10.8. The Balaban J connectivity index is 3.36. The summed E-state index contributed by atoms with van der Waals surface area (Å²) in [4.78, 5) is 10.8. The van der Waals surface area contributed by atoms with Gasteiger partial charge in [-0.2, -0.15) is 0 Å². The van der Waals surface area contributed by atoms with Crippen LogP contribution in [-0.4, -0.2) is 16.0 Å². The zero-order chi connectivity index (χ0) is 9.30. The molecule has 2 N–H and O–H groups in total. The Hall–Kier alpha value is -1.22. The molecule has 0 bridgehead atoms. The molecule has 0 amide bonds. The van der Waals surface area contributed by atoms with Crippen LogP contribution in [0.15, 0.2) is 12.1 Å². The van der Waals surface area contributed by atoms with Crippen LogP contribution in [0.3, 0.4) is 0 Å². The molecule has 0 unspecified atom stereocenters. The lowest BCUT2D eigenvalue weighted by Gasteiger charge is -2.03. The molecular weight excluding hydrogens is 180 g/mol. The SMILES string of the molecule is CC(=O)c1ccc(Cl)c(O)c1O. The summed E-state index contributed by atoms with van der Waals surface area (Å²) >= 11 is 5.47. The first kappa shape index (κ1) is 8.87. The van der Waals surface area contributed by atoms with Gasteiger partial charge in [0, 0.05) is 0 Å². The van der Waals surface area contributed by atoms with Crippen LogP contribution in [0, 0.1) is 0 Å². The lowest BCUT2D eigenvalue weighted by atomic mass is 10.1. The van der Waals surface area contributed by atoms with Crippen LogP contribution in [0.2, 0.25) is 5.02 Å². The van der Waals surface area contributed by atoms with Gasteiger partial charge >= 0.3 is 0 Å². The molecule has 1 rings (SSSR count). The normalized spacial score (nSPS) is 9.83. The van der Waals surface area contributed by atoms with E-state index in [0.29, 0.717) is 0 Å². The number of hydrogen-bond acceptors (Lipinski definition) is 3. The van der Waals surface area contributed by atoms with Crippen molar-refractivity contribution in [1.82, 2.24) is 0 Å². The molecule has 1 aromatic carbocycles. The van der Waals surface area contributed by atoms with Gasteiger partial charge in [0.05, 0.1) is 10.6 Å². The molecule has 0 fully saturated rings. The average Bonchev–Trinajstić information content (AvgIpc) is 2.00. The molecule has 0 aliphatic heterocycles. The van der Waals surface area contributed by atoms with Gasteiger partial charge in [0.2, 0.25) is 0 Å². The van der Waals surface area contributed by atoms with Crippen molar-refractivity contribution in [1.29, 1.82) is 0 Å². The quantitative estimate of drug-likeness (QED) is 0.521. The van der Waals surface area contributed by atoms with Crippen LogP contribution in [0.5, 0.6) is 11.5 Å². The minimum Gasteiger partial charge on any atom is -0.504 e. The van der Waals surface area contributed by atoms with Gasteiger partial charge in [-0.1, -0.05) is 11.6 Å². The smallest absolute Gasteiger partial charge is 0.177 e. The van der Waals surface area contributed by atoms with Crippen LogP contribution >= 0.6 is 11.6 Å². The second-order valence-corrected chi connectivity index (χ2v) is 2.76. The summed E-state index contributed by atoms with van der Waals surface area (Å²) in [7, 11) is 0. The molecule has 0 saturated carbocycles. The maximum absolute atomic E-state index is 10.8. The number of carbonyl (C=O) groups excluding carboxylic acids is 1. The lowest BCUT2D eigenvalue weighted by molar-refractivity contribution is 0.101. The van der Waals surface area contributed by atoms with Crippen molar-refractivity contribution >= 4 is 17.4 Å². The second-order valence-electron chi connectivity index (χ2n) is 2.35. The maximum Gasteiger partial charge on any atom is 0.177 e. The van der Waals surface area contributed by atoms with E-state index in [0.717, 1.165) is 0 Å². The molecule has 0 atom stereocenters. The van der Waals surface area contributed by atoms with Crippen molar-refractivity contribution in [2.75, 3.05) is 0 Å². The highest BCUT2D eigenvalue weighted by Gasteiger charge is 2.12. The third kappa shape index (κ3) is 1.36. The molecule has 0 aliphatic carbocycles. The van der Waals surface area contributed by atoms with Crippen molar-refractivity contribution in [3.05, 3.63) is 22.7 Å². The molecule has 4 heteroatoms. The average molecular weight is 187 g/mol. The molecule has 0 spiro atoms. The van der Waals surface area contributed by atoms with E-state index in [-0.39, 0.29) is 16.4 Å². The van der Waals surface area contributed by atoms with Gasteiger partial charge in [0.15, 0.2) is 17.3 Å². The van der Waals surface area contributed by atoms with Crippen LogP contribution in [0.25, 0.3) is 0 Å². The minimum atomic E-state index is -0.463. The number of phenols is 2. The molecule has 1 aromatic rings. The van der Waals surface area contributed by atoms with Crippen LogP contribution in [0.4, 0.5) is 0 Å². The zero-order valence-corrected chi connectivity index (χ0v) is 7.09. The van der Waals surface area contributed by atoms with E-state index in [1.807, 2.05) is 0 Å². The predicted octanol–water partition coefficient (Wildman–Crippen LogP) is 1.95. The first-order chi connectivity index (χ1) is 5.54. The molecule has 0 saturated heterocycles. The third-order valence-electron chi connectivity index (χ3n) is 1.48. The lowest BCUT2D eigenvalue weighted by Crippen LogP contribution is -1.92. The summed E-state index contributed by atoms with van der Waals surface area (Å²) in [6.45, 7) is 1.29. The van der Waals surface area contributed by atoms with Crippen molar-refractivity contribution < 1.29 is 15.0 Å². The number of aromatic hydroxyl groups is 2. The number of halogens is 1. The Kier molecular flexibility index (Phi) is 2.24. The second kappa shape index (κ2) is 3.03. The number of rotatable bonds is 1. The van der Waals surface area contributed by atoms with E-state index in [4.69, 9.17) is 16.7 Å². The summed E-state index contributed by atoms with van der Waals surface area (Å²) in [5.41, 5.74) is 0.0666. The molecular formula is C8H7ClO3. The highest BCUT2D eigenvalue weighted by molar-refractivity contribution is 6.32. The van der Waals surface area contributed by atoms with Crippen LogP contribution in [-0.2, 0) is 0 Å². The Morgan fingerprint density at radius 3 is 2.42 bits per heavy atom. The number of Topliss-reactive ketones (excluding diaryl/α,β-unsaturated/α-hetero) is 1. The fourth-order valence-electron chi connectivity index (χ4n) is 0.839. The highest BCUT2D eigenvalue weighted by atomic mass is 35.5. The van der Waals surface area contributed by atoms with Gasteiger partial charge in [-0.3, -0.25) is 4.79 Å². The van der Waals surface area contributed by atoms with E-state index in [2.05, 4.69) is 0 Å². The summed E-state index contributed by atoms with van der Waals surface area (Å²) in [5, 5.41) is 18.3. The third-order valence-corrected chi connectivity index (χ3v) is 1.79. The number of phenolic OH excluding ortho intramolecular Hbond substituents is 2. The minimum absolute atomic E-state index is 0.0255. The highest BCUT2D eigenvalue weighted by Crippen LogP contribution is 2.35. The summed E-state index contributed by atoms with van der Waals surface area (Å²) in [6.07, 6.45) is 0. The van der Waals surface area contributed by atoms with E-state index in [1.165, 1.54) is 19.1 Å². The molecule has 0 heterocycles. The van der Waals surface area contributed by atoms with Gasteiger partial charge < -0.3 is 10.2 Å². The number of ketones is 1. The summed E-state index contributed by atoms with van der Waals surface area (Å²) in [6, 6.07) is 2.72. The van der Waals surface area contributed by atoms with Gasteiger partial charge in [0.25, 0.3) is 0 Å². The van der Waals surface area contributed by atoms with Gasteiger partial charge in [0.1, 0.15) is 0 Å². The molecule has 3 nitrogen and oxygen atoms in total. The van der Waals surface area contributed by atoms with E-state index >= 15 is 0 Å². The number of carbonyl (C=O) groups is 1. The first-order valence-corrected chi connectivity index (χ1v) is 3.63. The standard InChI is InChI=1S/C8H7ClO3/c1-4(10)5-2-3-6(9)8(12)7(5)11/h2-3,11-12H,1H3. The Morgan fingerprint density at radius 1 is 1.33 bits per heavy atom. The summed E-state index contributed by atoms with van der Waals surface area (Å²) in [5.74, 6) is -1.24. The fraction of sp³-hybridized carbons (Fsp3) is 0.125. The first-order valence-electron chi connectivity index (χ1n) is 3.25. The largest absolute Gasteiger partial charge is 0.504 e. The van der Waals surface area contributed by atoms with E-state index in [9.17, 15) is 9.90 Å². The van der Waals surface area contributed by atoms with Gasteiger partial charge in [-0.15, -0.1) is 0 Å². The van der Waals surface area contributed by atoms with E-state index in [1.54, 1.807) is 0 Å². The Bertz CT molecular complexity index is 333. The number of benzene rings is 1. The molecule has 0 radical (unpaired) electrons. The zero-order valence-electron chi connectivity index (χ0n) is 6.34. The van der Waals surface area contributed by atoms with Crippen molar-refractivity contribution in [2.24, 2.45) is 0 Å². The molecule has 0 aliphatic rings.